The van der Waals surface area contributed by atoms with Crippen LogP contribution in [0.25, 0.3) is 0 Å². The molecule has 0 saturated carbocycles. The molecule has 1 atom stereocenters. The van der Waals surface area contributed by atoms with Gasteiger partial charge in [0.15, 0.2) is 0 Å². The summed E-state index contributed by atoms with van der Waals surface area (Å²) in [7, 11) is 1.71. The van der Waals surface area contributed by atoms with Gasteiger partial charge in [-0.1, -0.05) is 0 Å². The van der Waals surface area contributed by atoms with Gasteiger partial charge in [-0.15, -0.1) is 0 Å². The smallest absolute Gasteiger partial charge is 0.109 e. The number of nitrogens with zero attached hydrogens (tertiary/aromatic N) is 2. The predicted octanol–water partition coefficient (Wildman–Crippen LogP) is 0.769. The Morgan fingerprint density at radius 1 is 1.67 bits per heavy atom. The van der Waals surface area contributed by atoms with Gasteiger partial charge in [0.2, 0.25) is 0 Å². The first-order valence-corrected chi connectivity index (χ1v) is 5.51. The van der Waals surface area contributed by atoms with Gasteiger partial charge in [0.25, 0.3) is 0 Å². The summed E-state index contributed by atoms with van der Waals surface area (Å²) in [6.07, 6.45) is 5.46. The number of ether oxygens (including phenoxy) is 1. The summed E-state index contributed by atoms with van der Waals surface area (Å²) in [5.41, 5.74) is 1.26. The van der Waals surface area contributed by atoms with Crippen molar-refractivity contribution in [3.05, 3.63) is 17.7 Å². The summed E-state index contributed by atoms with van der Waals surface area (Å²) in [4.78, 5) is 4.40. The van der Waals surface area contributed by atoms with E-state index in [1.54, 1.807) is 7.11 Å². The maximum Gasteiger partial charge on any atom is 0.109 e. The molecule has 1 unspecified atom stereocenters. The second-order valence-electron chi connectivity index (χ2n) is 4.07. The molecule has 0 fully saturated rings. The molecular weight excluding hydrogens is 192 g/mol. The molecule has 15 heavy (non-hydrogen) atoms. The third-order valence-corrected chi connectivity index (χ3v) is 2.90. The number of aliphatic hydroxyl groups excluding tert-OH is 1. The maximum atomic E-state index is 9.60. The summed E-state index contributed by atoms with van der Waals surface area (Å²) in [5.74, 6) is 1.08. The first-order valence-electron chi connectivity index (χ1n) is 5.51. The zero-order valence-electron chi connectivity index (χ0n) is 9.15. The Hall–Kier alpha value is -0.870. The average molecular weight is 210 g/mol. The van der Waals surface area contributed by atoms with Crippen molar-refractivity contribution in [1.82, 2.24) is 9.55 Å². The highest BCUT2D eigenvalue weighted by Crippen LogP contribution is 2.17. The molecule has 0 spiro atoms. The molecule has 2 heterocycles. The molecule has 84 valence electrons. The number of aromatic nitrogens is 2. The van der Waals surface area contributed by atoms with Crippen LogP contribution in [0.5, 0.6) is 0 Å². The summed E-state index contributed by atoms with van der Waals surface area (Å²) in [6, 6.07) is 0. The van der Waals surface area contributed by atoms with Gasteiger partial charge >= 0.3 is 0 Å². The number of aliphatic hydroxyl groups is 1. The maximum absolute atomic E-state index is 9.60. The van der Waals surface area contributed by atoms with Crippen LogP contribution in [0.2, 0.25) is 0 Å². The van der Waals surface area contributed by atoms with Crippen molar-refractivity contribution in [2.45, 2.75) is 38.3 Å². The Morgan fingerprint density at radius 3 is 3.33 bits per heavy atom. The van der Waals surface area contributed by atoms with Gasteiger partial charge in [0, 0.05) is 32.0 Å². The first kappa shape index (κ1) is 10.6. The fourth-order valence-corrected chi connectivity index (χ4v) is 2.07. The van der Waals surface area contributed by atoms with E-state index in [1.807, 2.05) is 6.20 Å². The molecule has 0 aromatic carbocycles. The van der Waals surface area contributed by atoms with Crippen molar-refractivity contribution in [2.75, 3.05) is 13.7 Å². The lowest BCUT2D eigenvalue weighted by molar-refractivity contribution is 0.129. The molecule has 0 aliphatic carbocycles. The van der Waals surface area contributed by atoms with E-state index in [2.05, 4.69) is 9.55 Å². The molecule has 1 aromatic rings. The van der Waals surface area contributed by atoms with Crippen molar-refractivity contribution in [3.8, 4) is 0 Å². The second-order valence-corrected chi connectivity index (χ2v) is 4.07. The van der Waals surface area contributed by atoms with E-state index in [4.69, 9.17) is 4.74 Å². The molecule has 1 aliphatic heterocycles. The molecule has 0 amide bonds. The van der Waals surface area contributed by atoms with Crippen LogP contribution >= 0.6 is 0 Å². The van der Waals surface area contributed by atoms with Gasteiger partial charge in [-0.05, 0) is 19.3 Å². The number of fused-ring (bicyclic) bond motifs is 1. The summed E-state index contributed by atoms with van der Waals surface area (Å²) < 4.78 is 7.18. The summed E-state index contributed by atoms with van der Waals surface area (Å²) in [5, 5.41) is 9.60. The third-order valence-electron chi connectivity index (χ3n) is 2.90. The average Bonchev–Trinajstić information content (AvgIpc) is 2.62. The zero-order chi connectivity index (χ0) is 10.7. The van der Waals surface area contributed by atoms with E-state index in [1.165, 1.54) is 5.69 Å². The number of hydrogen-bond donors (Lipinski definition) is 1. The lowest BCUT2D eigenvalue weighted by atomic mass is 10.1. The molecule has 1 aromatic heterocycles. The monoisotopic (exact) mass is 210 g/mol. The van der Waals surface area contributed by atoms with Gasteiger partial charge < -0.3 is 14.4 Å². The number of aryl methyl sites for hydroxylation is 2. The van der Waals surface area contributed by atoms with Crippen molar-refractivity contribution < 1.29 is 9.84 Å². The molecule has 2 rings (SSSR count). The van der Waals surface area contributed by atoms with Crippen LogP contribution in [-0.2, 0) is 24.1 Å². The Balaban J connectivity index is 2.02. The summed E-state index contributed by atoms with van der Waals surface area (Å²) >= 11 is 0. The van der Waals surface area contributed by atoms with Crippen molar-refractivity contribution in [3.63, 3.8) is 0 Å². The molecule has 0 bridgehead atoms. The Bertz CT molecular complexity index is 322. The predicted molar refractivity (Wildman–Crippen MR) is 56.8 cm³/mol. The minimum Gasteiger partial charge on any atom is -0.391 e. The molecule has 0 radical (unpaired) electrons. The lowest BCUT2D eigenvalue weighted by Gasteiger charge is -2.21. The lowest BCUT2D eigenvalue weighted by Crippen LogP contribution is -2.25. The van der Waals surface area contributed by atoms with E-state index in [-0.39, 0.29) is 6.10 Å². The second kappa shape index (κ2) is 4.77. The van der Waals surface area contributed by atoms with Gasteiger partial charge in [-0.2, -0.15) is 0 Å². The highest BCUT2D eigenvalue weighted by molar-refractivity contribution is 5.09. The van der Waals surface area contributed by atoms with Crippen LogP contribution in [-0.4, -0.2) is 34.5 Å². The summed E-state index contributed by atoms with van der Waals surface area (Å²) in [6.45, 7) is 1.47. The fraction of sp³-hybridized carbons (Fsp3) is 0.727. The standard InChI is InChI=1S/C11H18N2O2/c1-15-6-2-3-11-12-7-9-4-5-10(14)8-13(9)11/h7,10,14H,2-6,8H2,1H3. The van der Waals surface area contributed by atoms with E-state index in [0.717, 1.165) is 38.1 Å². The zero-order valence-corrected chi connectivity index (χ0v) is 9.15. The molecular formula is C11H18N2O2. The molecule has 0 saturated heterocycles. The number of imidazole rings is 1. The topological polar surface area (TPSA) is 47.3 Å². The van der Waals surface area contributed by atoms with Gasteiger partial charge in [-0.3, -0.25) is 0 Å². The van der Waals surface area contributed by atoms with Gasteiger partial charge in [0.05, 0.1) is 12.6 Å². The van der Waals surface area contributed by atoms with Crippen LogP contribution in [0.1, 0.15) is 24.4 Å². The van der Waals surface area contributed by atoms with E-state index in [0.29, 0.717) is 6.54 Å². The van der Waals surface area contributed by atoms with E-state index >= 15 is 0 Å². The number of hydrogen-bond acceptors (Lipinski definition) is 3. The van der Waals surface area contributed by atoms with Crippen LogP contribution in [0, 0.1) is 0 Å². The van der Waals surface area contributed by atoms with E-state index in [9.17, 15) is 5.11 Å². The van der Waals surface area contributed by atoms with Gasteiger partial charge in [-0.25, -0.2) is 4.98 Å². The van der Waals surface area contributed by atoms with Crippen molar-refractivity contribution >= 4 is 0 Å². The SMILES string of the molecule is COCCCc1ncc2n1CC(O)CC2. The minimum absolute atomic E-state index is 0.201. The normalized spacial score (nSPS) is 20.3. The number of rotatable bonds is 4. The van der Waals surface area contributed by atoms with Crippen molar-refractivity contribution in [1.29, 1.82) is 0 Å². The Morgan fingerprint density at radius 2 is 2.53 bits per heavy atom. The quantitative estimate of drug-likeness (QED) is 0.747. The van der Waals surface area contributed by atoms with E-state index < -0.39 is 0 Å². The van der Waals surface area contributed by atoms with Crippen LogP contribution in [0.3, 0.4) is 0 Å². The molecule has 1 N–H and O–H groups in total. The first-order chi connectivity index (χ1) is 7.31. The Kier molecular flexibility index (Phi) is 3.38. The van der Waals surface area contributed by atoms with Crippen molar-refractivity contribution in [2.24, 2.45) is 0 Å². The van der Waals surface area contributed by atoms with Crippen LogP contribution in [0.15, 0.2) is 6.20 Å². The minimum atomic E-state index is -0.201. The highest BCUT2D eigenvalue weighted by atomic mass is 16.5. The molecule has 4 heteroatoms. The number of methoxy groups -OCH3 is 1. The van der Waals surface area contributed by atoms with Crippen LogP contribution < -0.4 is 0 Å². The highest BCUT2D eigenvalue weighted by Gasteiger charge is 2.18. The van der Waals surface area contributed by atoms with Gasteiger partial charge in [0.1, 0.15) is 5.82 Å². The molecule has 1 aliphatic rings. The Labute approximate surface area is 89.9 Å². The fourth-order valence-electron chi connectivity index (χ4n) is 2.07. The largest absolute Gasteiger partial charge is 0.391 e. The van der Waals surface area contributed by atoms with Crippen LogP contribution in [0.4, 0.5) is 0 Å². The third kappa shape index (κ3) is 2.38. The molecule has 4 nitrogen and oxygen atoms in total.